The van der Waals surface area contributed by atoms with Gasteiger partial charge in [0.25, 0.3) is 0 Å². The molecule has 0 amide bonds. The summed E-state index contributed by atoms with van der Waals surface area (Å²) in [6.07, 6.45) is 0.120. The Morgan fingerprint density at radius 1 is 1.00 bits per heavy atom. The van der Waals surface area contributed by atoms with Crippen molar-refractivity contribution in [3.05, 3.63) is 60.2 Å². The molecule has 3 rings (SSSR count). The third-order valence-corrected chi connectivity index (χ3v) is 3.52. The second kappa shape index (κ2) is 5.33. The summed E-state index contributed by atoms with van der Waals surface area (Å²) in [6, 6.07) is 18.4. The molecule has 0 saturated carbocycles. The van der Waals surface area contributed by atoms with E-state index in [0.29, 0.717) is 0 Å². The highest BCUT2D eigenvalue weighted by Crippen LogP contribution is 2.29. The van der Waals surface area contributed by atoms with Gasteiger partial charge in [-0.25, -0.2) is 0 Å². The fourth-order valence-electron chi connectivity index (χ4n) is 2.51. The maximum atomic E-state index is 6.05. The van der Waals surface area contributed by atoms with Crippen LogP contribution in [0.25, 0.3) is 0 Å². The van der Waals surface area contributed by atoms with Crippen LogP contribution in [0, 0.1) is 0 Å². The van der Waals surface area contributed by atoms with Crippen LogP contribution in [0.4, 0.5) is 11.4 Å². The Hall–Kier alpha value is -2.00. The van der Waals surface area contributed by atoms with Crippen LogP contribution in [-0.2, 0) is 4.74 Å². The molecule has 2 aromatic rings. The van der Waals surface area contributed by atoms with Gasteiger partial charge in [0.15, 0.2) is 0 Å². The lowest BCUT2D eigenvalue weighted by Gasteiger charge is -2.35. The van der Waals surface area contributed by atoms with E-state index in [2.05, 4.69) is 35.2 Å². The van der Waals surface area contributed by atoms with E-state index in [4.69, 9.17) is 10.5 Å². The van der Waals surface area contributed by atoms with E-state index in [9.17, 15) is 0 Å². The summed E-state index contributed by atoms with van der Waals surface area (Å²) in [5.74, 6) is 0. The van der Waals surface area contributed by atoms with Crippen molar-refractivity contribution >= 4 is 11.4 Å². The van der Waals surface area contributed by atoms with E-state index in [1.807, 2.05) is 24.3 Å². The zero-order valence-electron chi connectivity index (χ0n) is 10.8. The third-order valence-electron chi connectivity index (χ3n) is 3.52. The second-order valence-corrected chi connectivity index (χ2v) is 4.77. The fraction of sp³-hybridized carbons (Fsp3) is 0.250. The van der Waals surface area contributed by atoms with E-state index >= 15 is 0 Å². The number of hydrogen-bond donors (Lipinski definition) is 1. The Bertz CT molecular complexity index is 541. The molecule has 3 heteroatoms. The molecule has 0 spiro atoms. The largest absolute Gasteiger partial charge is 0.397 e. The minimum absolute atomic E-state index is 0.120. The molecule has 1 aliphatic rings. The summed E-state index contributed by atoms with van der Waals surface area (Å²) in [5, 5.41) is 0. The van der Waals surface area contributed by atoms with Crippen LogP contribution in [0.5, 0.6) is 0 Å². The maximum Gasteiger partial charge on any atom is 0.100 e. The average Bonchev–Trinajstić information content (AvgIpc) is 2.49. The van der Waals surface area contributed by atoms with Gasteiger partial charge in [0, 0.05) is 13.1 Å². The summed E-state index contributed by atoms with van der Waals surface area (Å²) in [4.78, 5) is 2.30. The number of nitrogen functional groups attached to an aromatic ring is 1. The Balaban J connectivity index is 1.81. The van der Waals surface area contributed by atoms with Crippen molar-refractivity contribution in [1.82, 2.24) is 0 Å². The summed E-state index contributed by atoms with van der Waals surface area (Å²) < 4.78 is 5.87. The van der Waals surface area contributed by atoms with E-state index in [0.717, 1.165) is 31.1 Å². The summed E-state index contributed by atoms with van der Waals surface area (Å²) in [5.41, 5.74) is 9.21. The molecule has 1 unspecified atom stereocenters. The molecule has 0 bridgehead atoms. The molecule has 19 heavy (non-hydrogen) atoms. The van der Waals surface area contributed by atoms with Crippen LogP contribution < -0.4 is 10.6 Å². The number of hydrogen-bond acceptors (Lipinski definition) is 3. The number of benzene rings is 2. The highest BCUT2D eigenvalue weighted by atomic mass is 16.5. The van der Waals surface area contributed by atoms with Gasteiger partial charge < -0.3 is 15.4 Å². The number of nitrogens with zero attached hydrogens (tertiary/aromatic N) is 1. The van der Waals surface area contributed by atoms with E-state index in [1.165, 1.54) is 5.56 Å². The molecular weight excluding hydrogens is 236 g/mol. The molecule has 0 radical (unpaired) electrons. The third kappa shape index (κ3) is 2.56. The van der Waals surface area contributed by atoms with E-state index < -0.39 is 0 Å². The van der Waals surface area contributed by atoms with Gasteiger partial charge in [0.1, 0.15) is 6.10 Å². The van der Waals surface area contributed by atoms with Crippen molar-refractivity contribution in [3.63, 3.8) is 0 Å². The van der Waals surface area contributed by atoms with Gasteiger partial charge in [-0.1, -0.05) is 42.5 Å². The molecule has 1 aliphatic heterocycles. The molecule has 1 saturated heterocycles. The Kier molecular flexibility index (Phi) is 3.38. The van der Waals surface area contributed by atoms with Crippen molar-refractivity contribution in [2.75, 3.05) is 30.3 Å². The quantitative estimate of drug-likeness (QED) is 0.837. The lowest BCUT2D eigenvalue weighted by atomic mass is 10.1. The van der Waals surface area contributed by atoms with Gasteiger partial charge >= 0.3 is 0 Å². The van der Waals surface area contributed by atoms with Gasteiger partial charge in [0.2, 0.25) is 0 Å². The normalized spacial score (nSPS) is 19.4. The summed E-state index contributed by atoms with van der Waals surface area (Å²) in [6.45, 7) is 2.46. The van der Waals surface area contributed by atoms with Gasteiger partial charge in [-0.15, -0.1) is 0 Å². The molecular formula is C16H18N2O. The lowest BCUT2D eigenvalue weighted by Crippen LogP contribution is -2.38. The van der Waals surface area contributed by atoms with Crippen LogP contribution in [-0.4, -0.2) is 19.7 Å². The monoisotopic (exact) mass is 254 g/mol. The van der Waals surface area contributed by atoms with Crippen molar-refractivity contribution in [2.24, 2.45) is 0 Å². The Labute approximate surface area is 113 Å². The Morgan fingerprint density at radius 2 is 1.74 bits per heavy atom. The maximum absolute atomic E-state index is 6.05. The number of anilines is 2. The molecule has 1 fully saturated rings. The second-order valence-electron chi connectivity index (χ2n) is 4.77. The van der Waals surface area contributed by atoms with Gasteiger partial charge in [0.05, 0.1) is 18.0 Å². The highest BCUT2D eigenvalue weighted by molar-refractivity contribution is 5.67. The summed E-state index contributed by atoms with van der Waals surface area (Å²) in [7, 11) is 0. The van der Waals surface area contributed by atoms with Gasteiger partial charge in [-0.3, -0.25) is 0 Å². The lowest BCUT2D eigenvalue weighted by molar-refractivity contribution is 0.0398. The number of rotatable bonds is 2. The molecule has 1 heterocycles. The van der Waals surface area contributed by atoms with Crippen LogP contribution in [0.3, 0.4) is 0 Å². The van der Waals surface area contributed by atoms with Crippen molar-refractivity contribution < 1.29 is 4.74 Å². The minimum atomic E-state index is 0.120. The number of para-hydroxylation sites is 2. The first-order valence-corrected chi connectivity index (χ1v) is 6.60. The molecule has 3 nitrogen and oxygen atoms in total. The number of morpholine rings is 1. The molecule has 0 aromatic heterocycles. The highest BCUT2D eigenvalue weighted by Gasteiger charge is 2.22. The smallest absolute Gasteiger partial charge is 0.100 e. The van der Waals surface area contributed by atoms with Crippen molar-refractivity contribution in [3.8, 4) is 0 Å². The van der Waals surface area contributed by atoms with Crippen molar-refractivity contribution in [1.29, 1.82) is 0 Å². The predicted molar refractivity (Wildman–Crippen MR) is 78.2 cm³/mol. The van der Waals surface area contributed by atoms with Crippen LogP contribution in [0.15, 0.2) is 54.6 Å². The topological polar surface area (TPSA) is 38.5 Å². The van der Waals surface area contributed by atoms with Crippen LogP contribution in [0.2, 0.25) is 0 Å². The number of ether oxygens (including phenoxy) is 1. The minimum Gasteiger partial charge on any atom is -0.397 e. The summed E-state index contributed by atoms with van der Waals surface area (Å²) >= 11 is 0. The number of nitrogens with two attached hydrogens (primary N) is 1. The molecule has 98 valence electrons. The predicted octanol–water partition coefficient (Wildman–Crippen LogP) is 2.85. The first-order valence-electron chi connectivity index (χ1n) is 6.60. The van der Waals surface area contributed by atoms with Crippen LogP contribution >= 0.6 is 0 Å². The SMILES string of the molecule is Nc1ccccc1N1CCOC(c2ccccc2)C1. The van der Waals surface area contributed by atoms with E-state index in [1.54, 1.807) is 0 Å². The zero-order chi connectivity index (χ0) is 13.1. The zero-order valence-corrected chi connectivity index (χ0v) is 10.8. The first-order chi connectivity index (χ1) is 9.34. The Morgan fingerprint density at radius 3 is 2.53 bits per heavy atom. The first kappa shape index (κ1) is 12.1. The standard InChI is InChI=1S/C16H18N2O/c17-14-8-4-5-9-15(14)18-10-11-19-16(12-18)13-6-2-1-3-7-13/h1-9,16H,10-12,17H2. The van der Waals surface area contributed by atoms with Crippen molar-refractivity contribution in [2.45, 2.75) is 6.10 Å². The molecule has 2 N–H and O–H groups in total. The molecule has 0 aliphatic carbocycles. The van der Waals surface area contributed by atoms with Gasteiger partial charge in [-0.2, -0.15) is 0 Å². The van der Waals surface area contributed by atoms with Crippen LogP contribution in [0.1, 0.15) is 11.7 Å². The molecule has 1 atom stereocenters. The molecule has 2 aromatic carbocycles. The van der Waals surface area contributed by atoms with E-state index in [-0.39, 0.29) is 6.10 Å². The fourth-order valence-corrected chi connectivity index (χ4v) is 2.51. The van der Waals surface area contributed by atoms with Gasteiger partial charge in [-0.05, 0) is 17.7 Å². The average molecular weight is 254 g/mol.